The number of carbonyl (C=O) groups excluding carboxylic acids is 1. The second-order valence-electron chi connectivity index (χ2n) is 13.8. The molecule has 3 aliphatic heterocycles. The molecule has 10 heteroatoms. The second kappa shape index (κ2) is 11.6. The monoisotopic (exact) mass is 625 g/mol. The Morgan fingerprint density at radius 3 is 2.19 bits per heavy atom. The van der Waals surface area contributed by atoms with E-state index in [1.165, 1.54) is 37.6 Å². The van der Waals surface area contributed by atoms with E-state index in [0.717, 1.165) is 74.3 Å². The molecule has 234 valence electrons. The quantitative estimate of drug-likeness (QED) is 0.336. The topological polar surface area (TPSA) is 88.7 Å². The lowest BCUT2D eigenvalue weighted by atomic mass is 9.88. The number of likely N-dealkylation sites (tertiary alicyclic amines) is 1. The number of benzene rings is 1. The number of fused-ring (bicyclic) bond motifs is 3. The van der Waals surface area contributed by atoms with Gasteiger partial charge in [0.25, 0.3) is 10.2 Å². The Hall–Kier alpha value is -2.24. The maximum atomic E-state index is 13.9. The summed E-state index contributed by atoms with van der Waals surface area (Å²) in [6, 6.07) is 9.83. The number of rotatable bonds is 9. The Labute approximate surface area is 261 Å². The minimum absolute atomic E-state index is 0.0292. The average molecular weight is 626 g/mol. The van der Waals surface area contributed by atoms with Gasteiger partial charge in [-0.15, -0.1) is 11.3 Å². The summed E-state index contributed by atoms with van der Waals surface area (Å²) in [5.74, 6) is 0.283. The molecule has 1 aromatic carbocycles. The van der Waals surface area contributed by atoms with E-state index in [0.29, 0.717) is 12.1 Å². The van der Waals surface area contributed by atoms with Crippen LogP contribution in [0.15, 0.2) is 24.3 Å². The molecule has 2 bridgehead atoms. The Balaban J connectivity index is 1.25. The van der Waals surface area contributed by atoms with Crippen LogP contribution in [0.2, 0.25) is 0 Å². The van der Waals surface area contributed by atoms with E-state index in [2.05, 4.69) is 71.5 Å². The van der Waals surface area contributed by atoms with Crippen LogP contribution in [-0.2, 0) is 26.8 Å². The van der Waals surface area contributed by atoms with Gasteiger partial charge in [-0.2, -0.15) is 17.4 Å². The van der Waals surface area contributed by atoms with Crippen LogP contribution >= 0.6 is 11.3 Å². The fourth-order valence-corrected chi connectivity index (χ4v) is 9.55. The van der Waals surface area contributed by atoms with Crippen molar-refractivity contribution in [2.75, 3.05) is 33.7 Å². The molecule has 3 saturated heterocycles. The van der Waals surface area contributed by atoms with Crippen molar-refractivity contribution in [2.24, 2.45) is 0 Å². The third-order valence-electron chi connectivity index (χ3n) is 10.0. The van der Waals surface area contributed by atoms with E-state index < -0.39 is 15.6 Å². The normalized spacial score (nSPS) is 22.0. The number of hydrogen-bond acceptors (Lipinski definition) is 5. The Bertz CT molecular complexity index is 1570. The number of hydrogen-bond donors (Lipinski definition) is 2. The lowest BCUT2D eigenvalue weighted by Gasteiger charge is -2.32. The summed E-state index contributed by atoms with van der Waals surface area (Å²) in [4.78, 5) is 24.7. The van der Waals surface area contributed by atoms with Crippen molar-refractivity contribution in [2.45, 2.75) is 96.2 Å². The average Bonchev–Trinajstić information content (AvgIpc) is 3.72. The number of aromatic amines is 1. The van der Waals surface area contributed by atoms with Crippen molar-refractivity contribution in [3.63, 3.8) is 0 Å². The highest BCUT2D eigenvalue weighted by atomic mass is 32.2. The van der Waals surface area contributed by atoms with Crippen molar-refractivity contribution in [1.82, 2.24) is 23.8 Å². The van der Waals surface area contributed by atoms with E-state index in [1.807, 2.05) is 0 Å². The van der Waals surface area contributed by atoms with Crippen LogP contribution < -0.4 is 4.72 Å². The molecule has 0 aliphatic carbocycles. The number of aromatic nitrogens is 1. The molecule has 0 radical (unpaired) electrons. The number of H-pyrrole nitrogens is 1. The van der Waals surface area contributed by atoms with Gasteiger partial charge in [0.05, 0.1) is 11.1 Å². The van der Waals surface area contributed by atoms with E-state index in [-0.39, 0.29) is 11.9 Å². The van der Waals surface area contributed by atoms with Gasteiger partial charge in [0, 0.05) is 49.0 Å². The number of thiophene rings is 1. The van der Waals surface area contributed by atoms with Gasteiger partial charge in [-0.1, -0.05) is 17.2 Å². The first-order chi connectivity index (χ1) is 20.3. The summed E-state index contributed by atoms with van der Waals surface area (Å²) in [7, 11) is -0.298. The van der Waals surface area contributed by atoms with Crippen molar-refractivity contribution in [3.05, 3.63) is 45.8 Å². The summed E-state index contributed by atoms with van der Waals surface area (Å²) in [5.41, 5.74) is 5.62. The van der Waals surface area contributed by atoms with Gasteiger partial charge < -0.3 is 14.8 Å². The summed E-state index contributed by atoms with van der Waals surface area (Å²) in [6.45, 7) is 11.1. The highest BCUT2D eigenvalue weighted by Gasteiger charge is 2.47. The van der Waals surface area contributed by atoms with Crippen LogP contribution in [0.4, 0.5) is 0 Å². The van der Waals surface area contributed by atoms with Gasteiger partial charge in [0.2, 0.25) is 5.91 Å². The van der Waals surface area contributed by atoms with Gasteiger partial charge in [-0.25, -0.2) is 0 Å². The molecule has 5 heterocycles. The summed E-state index contributed by atoms with van der Waals surface area (Å²) < 4.78 is 28.7. The molecule has 3 fully saturated rings. The van der Waals surface area contributed by atoms with Gasteiger partial charge >= 0.3 is 0 Å². The number of nitrogens with zero attached hydrogens (tertiary/aromatic N) is 3. The number of carbonyl (C=O) groups is 1. The maximum absolute atomic E-state index is 13.9. The molecule has 8 nitrogen and oxygen atoms in total. The minimum atomic E-state index is -3.42. The number of amides is 1. The highest BCUT2D eigenvalue weighted by molar-refractivity contribution is 7.87. The van der Waals surface area contributed by atoms with Crippen LogP contribution in [0.25, 0.3) is 21.5 Å². The molecule has 3 aromatic rings. The lowest BCUT2D eigenvalue weighted by molar-refractivity contribution is -0.137. The molecule has 0 spiro atoms. The molecular formula is C33H47N5O3S2. The number of piperidine rings is 1. The Morgan fingerprint density at radius 2 is 1.60 bits per heavy atom. The van der Waals surface area contributed by atoms with Crippen molar-refractivity contribution in [1.29, 1.82) is 0 Å². The molecule has 6 rings (SSSR count). The Kier molecular flexibility index (Phi) is 8.30. The van der Waals surface area contributed by atoms with E-state index in [1.54, 1.807) is 25.4 Å². The molecule has 43 heavy (non-hydrogen) atoms. The maximum Gasteiger partial charge on any atom is 0.279 e. The molecular weight excluding hydrogens is 579 g/mol. The van der Waals surface area contributed by atoms with Crippen LogP contribution in [0, 0.1) is 13.8 Å². The zero-order valence-electron chi connectivity index (χ0n) is 26.5. The largest absolute Gasteiger partial charge is 0.346 e. The van der Waals surface area contributed by atoms with Crippen molar-refractivity contribution in [3.8, 4) is 11.3 Å². The first-order valence-electron chi connectivity index (χ1n) is 15.8. The predicted octanol–water partition coefficient (Wildman–Crippen LogP) is 5.35. The van der Waals surface area contributed by atoms with E-state index >= 15 is 0 Å². The van der Waals surface area contributed by atoms with Crippen LogP contribution in [0.3, 0.4) is 0 Å². The second-order valence-corrected chi connectivity index (χ2v) is 16.7. The minimum Gasteiger partial charge on any atom is -0.346 e. The number of aryl methyl sites for hydroxylation is 2. The van der Waals surface area contributed by atoms with Gasteiger partial charge in [-0.05, 0) is 115 Å². The van der Waals surface area contributed by atoms with Crippen molar-refractivity contribution >= 4 is 37.7 Å². The molecule has 0 atom stereocenters. The summed E-state index contributed by atoms with van der Waals surface area (Å²) in [6.07, 6.45) is 7.10. The molecule has 0 saturated carbocycles. The summed E-state index contributed by atoms with van der Waals surface area (Å²) in [5, 5.41) is 1.23. The van der Waals surface area contributed by atoms with Gasteiger partial charge in [0.15, 0.2) is 0 Å². The van der Waals surface area contributed by atoms with Crippen LogP contribution in [0.1, 0.15) is 73.9 Å². The molecule has 3 aliphatic rings. The van der Waals surface area contributed by atoms with Gasteiger partial charge in [-0.3, -0.25) is 4.79 Å². The Morgan fingerprint density at radius 1 is 1.00 bits per heavy atom. The predicted molar refractivity (Wildman–Crippen MR) is 176 cm³/mol. The molecule has 1 amide bonds. The van der Waals surface area contributed by atoms with E-state index in [4.69, 9.17) is 0 Å². The molecule has 2 N–H and O–H groups in total. The third-order valence-corrected chi connectivity index (χ3v) is 13.0. The zero-order chi connectivity index (χ0) is 30.7. The first kappa shape index (κ1) is 30.8. The fraction of sp³-hybridized carbons (Fsp3) is 0.606. The highest BCUT2D eigenvalue weighted by Crippen LogP contribution is 2.44. The molecule has 0 unspecified atom stereocenters. The van der Waals surface area contributed by atoms with Crippen molar-refractivity contribution < 1.29 is 13.2 Å². The van der Waals surface area contributed by atoms with Crippen LogP contribution in [0.5, 0.6) is 0 Å². The molecule has 2 aromatic heterocycles. The van der Waals surface area contributed by atoms with Crippen LogP contribution in [-0.4, -0.2) is 85.3 Å². The third kappa shape index (κ3) is 5.93. The SMILES string of the molecule is Cc1cc(C)cc(-c2[nH]c3sc(C(C)(C)C(=O)N4C5CCC4CC5)cc3c2CCN2CCC(NS(=O)(=O)N(C)C)CC2)c1. The summed E-state index contributed by atoms with van der Waals surface area (Å²) >= 11 is 1.74. The lowest BCUT2D eigenvalue weighted by Crippen LogP contribution is -2.48. The standard InChI is InChI=1S/C33H47N5O3S2/c1-21-17-22(2)19-23(18-21)30-27(13-16-37-14-11-24(12-15-37)35-43(40,41)36(5)6)28-20-29(42-31(28)34-30)33(3,4)32(39)38-25-7-8-26(38)10-9-25/h17-20,24-26,34-35H,7-16H2,1-6H3. The van der Waals surface area contributed by atoms with E-state index in [9.17, 15) is 13.2 Å². The fourth-order valence-electron chi connectivity index (χ4n) is 7.50. The zero-order valence-corrected chi connectivity index (χ0v) is 28.1. The smallest absolute Gasteiger partial charge is 0.279 e. The van der Waals surface area contributed by atoms with Gasteiger partial charge in [0.1, 0.15) is 4.83 Å². The first-order valence-corrected chi connectivity index (χ1v) is 18.1. The number of nitrogens with one attached hydrogen (secondary N) is 2.